The molecule has 2 N–H and O–H groups in total. The van der Waals surface area contributed by atoms with E-state index in [2.05, 4.69) is 21.7 Å². The van der Waals surface area contributed by atoms with Crippen LogP contribution in [-0.4, -0.2) is 46.1 Å². The molecule has 32 heavy (non-hydrogen) atoms. The van der Waals surface area contributed by atoms with Gasteiger partial charge in [0.15, 0.2) is 5.13 Å². The molecule has 3 saturated heterocycles. The van der Waals surface area contributed by atoms with Crippen molar-refractivity contribution < 1.29 is 4.79 Å². The minimum Gasteiger partial charge on any atom is -0.319 e. The monoisotopic (exact) mass is 444 g/mol. The van der Waals surface area contributed by atoms with E-state index in [0.29, 0.717) is 16.7 Å². The number of aromatic nitrogens is 2. The molecule has 3 aromatic rings. The third-order valence-electron chi connectivity index (χ3n) is 6.06. The molecule has 8 heteroatoms. The number of nitrogens with zero attached hydrogens (tertiary/aromatic N) is 4. The van der Waals surface area contributed by atoms with Gasteiger partial charge in [-0.1, -0.05) is 23.5 Å². The van der Waals surface area contributed by atoms with Crippen LogP contribution in [0.4, 0.5) is 9.93 Å². The number of amides is 2. The number of hydrogen-bond acceptors (Lipinski definition) is 6. The van der Waals surface area contributed by atoms with E-state index in [1.54, 1.807) is 6.07 Å². The molecule has 3 aliphatic heterocycles. The maximum absolute atomic E-state index is 13.1. The van der Waals surface area contributed by atoms with E-state index in [1.165, 1.54) is 11.3 Å². The van der Waals surface area contributed by atoms with Gasteiger partial charge in [0.25, 0.3) is 0 Å². The molecular weight excluding hydrogens is 420 g/mol. The van der Waals surface area contributed by atoms with Crippen LogP contribution in [0.3, 0.4) is 0 Å². The van der Waals surface area contributed by atoms with Gasteiger partial charge < -0.3 is 10.2 Å². The second kappa shape index (κ2) is 8.34. The number of aryl methyl sites for hydroxylation is 2. The van der Waals surface area contributed by atoms with Gasteiger partial charge in [0.05, 0.1) is 22.2 Å². The molecule has 6 rings (SSSR count). The lowest BCUT2D eigenvalue weighted by molar-refractivity contribution is 0.106. The maximum atomic E-state index is 13.1. The fraction of sp³-hybridized carbons (Fsp3) is 0.333. The first-order chi connectivity index (χ1) is 15.5. The lowest BCUT2D eigenvalue weighted by Crippen LogP contribution is -2.63. The number of pyridine rings is 1. The van der Waals surface area contributed by atoms with Crippen molar-refractivity contribution in [2.45, 2.75) is 38.8 Å². The van der Waals surface area contributed by atoms with Gasteiger partial charge in [-0.15, -0.1) is 0 Å². The number of hydrogen-bond donors (Lipinski definition) is 2. The first-order valence-electron chi connectivity index (χ1n) is 10.8. The molecule has 0 saturated carbocycles. The summed E-state index contributed by atoms with van der Waals surface area (Å²) < 4.78 is 0. The highest BCUT2D eigenvalue weighted by Crippen LogP contribution is 2.40. The summed E-state index contributed by atoms with van der Waals surface area (Å²) in [5.74, 6) is 0. The Bertz CT molecular complexity index is 1200. The number of piperidine rings is 2. The Morgan fingerprint density at radius 2 is 2.00 bits per heavy atom. The molecule has 3 fully saturated rings. The zero-order valence-electron chi connectivity index (χ0n) is 18.1. The van der Waals surface area contributed by atoms with Gasteiger partial charge in [-0.3, -0.25) is 10.3 Å². The summed E-state index contributed by atoms with van der Waals surface area (Å²) in [6.07, 6.45) is 2.16. The van der Waals surface area contributed by atoms with Crippen LogP contribution in [0.2, 0.25) is 0 Å². The summed E-state index contributed by atoms with van der Waals surface area (Å²) in [6, 6.07) is 14.2. The number of urea groups is 1. The Labute approximate surface area is 191 Å². The topological polar surface area (TPSA) is 93.9 Å². The Kier molecular flexibility index (Phi) is 5.37. The highest BCUT2D eigenvalue weighted by atomic mass is 32.1. The molecule has 7 nitrogen and oxygen atoms in total. The Hall–Kier alpha value is -3.28. The first-order valence-corrected chi connectivity index (χ1v) is 11.6. The second-order valence-corrected chi connectivity index (χ2v) is 9.45. The first kappa shape index (κ1) is 20.6. The largest absolute Gasteiger partial charge is 0.323 e. The maximum Gasteiger partial charge on any atom is 0.323 e. The van der Waals surface area contributed by atoms with Crippen molar-refractivity contribution >= 4 is 22.5 Å². The molecule has 0 spiro atoms. The summed E-state index contributed by atoms with van der Waals surface area (Å²) in [4.78, 5) is 25.2. The van der Waals surface area contributed by atoms with Gasteiger partial charge in [0.2, 0.25) is 0 Å². The number of nitrogens with one attached hydrogen (secondary N) is 2. The SMILES string of the molecule is Cc1cc(-c2sc(NC(=O)N3C[C@H]4CCC3CN4)nc2-c2cccc(C#N)c2)cc(C)n1. The molecule has 1 unspecified atom stereocenters. The van der Waals surface area contributed by atoms with Crippen LogP contribution < -0.4 is 10.6 Å². The third-order valence-corrected chi connectivity index (χ3v) is 7.08. The summed E-state index contributed by atoms with van der Waals surface area (Å²) in [7, 11) is 0. The number of nitriles is 1. The van der Waals surface area contributed by atoms with E-state index < -0.39 is 0 Å². The smallest absolute Gasteiger partial charge is 0.319 e. The number of carbonyl (C=O) groups excluding carboxylic acids is 1. The van der Waals surface area contributed by atoms with Crippen LogP contribution in [0.5, 0.6) is 0 Å². The van der Waals surface area contributed by atoms with E-state index in [4.69, 9.17) is 4.98 Å². The molecular formula is C24H24N6OS. The van der Waals surface area contributed by atoms with E-state index in [-0.39, 0.29) is 12.1 Å². The van der Waals surface area contributed by atoms with Gasteiger partial charge in [0, 0.05) is 42.1 Å². The van der Waals surface area contributed by atoms with Crippen LogP contribution in [0.1, 0.15) is 29.8 Å². The quantitative estimate of drug-likeness (QED) is 0.627. The van der Waals surface area contributed by atoms with Crippen LogP contribution in [0, 0.1) is 25.2 Å². The molecule has 5 heterocycles. The van der Waals surface area contributed by atoms with Crippen molar-refractivity contribution in [3.05, 3.63) is 53.3 Å². The Morgan fingerprint density at radius 1 is 1.19 bits per heavy atom. The van der Waals surface area contributed by atoms with Crippen molar-refractivity contribution in [3.63, 3.8) is 0 Å². The van der Waals surface area contributed by atoms with Crippen LogP contribution in [-0.2, 0) is 0 Å². The summed E-state index contributed by atoms with van der Waals surface area (Å²) in [5.41, 5.74) is 5.04. The molecule has 3 aliphatic rings. The van der Waals surface area contributed by atoms with E-state index in [9.17, 15) is 10.1 Å². The number of benzene rings is 1. The molecule has 0 radical (unpaired) electrons. The number of piperazine rings is 1. The van der Waals surface area contributed by atoms with E-state index in [0.717, 1.165) is 59.0 Å². The lowest BCUT2D eigenvalue weighted by Gasteiger charge is -2.45. The number of thiazole rings is 1. The van der Waals surface area contributed by atoms with Crippen molar-refractivity contribution in [3.8, 4) is 27.8 Å². The standard InChI is InChI=1S/C24H24N6OS/c1-14-8-18(9-15(2)27-14)22-21(17-5-3-4-16(10-17)11-25)28-23(32-22)29-24(31)30-13-19-6-7-20(30)12-26-19/h3-5,8-10,19-20,26H,6-7,12-13H2,1-2H3,(H,28,29,31)/t19-,20?/m1/s1. The van der Waals surface area contributed by atoms with Crippen LogP contribution in [0.25, 0.3) is 21.7 Å². The van der Waals surface area contributed by atoms with Crippen LogP contribution in [0.15, 0.2) is 36.4 Å². The number of anilines is 1. The number of fused-ring (bicyclic) bond motifs is 3. The zero-order chi connectivity index (χ0) is 22.2. The highest BCUT2D eigenvalue weighted by molar-refractivity contribution is 7.19. The number of carbonyl (C=O) groups is 1. The normalized spacial score (nSPS) is 19.6. The fourth-order valence-electron chi connectivity index (χ4n) is 4.59. The summed E-state index contributed by atoms with van der Waals surface area (Å²) in [6.45, 7) is 5.52. The predicted octanol–water partition coefficient (Wildman–Crippen LogP) is 4.33. The van der Waals surface area contributed by atoms with Gasteiger partial charge in [-0.25, -0.2) is 9.78 Å². The van der Waals surface area contributed by atoms with E-state index in [1.807, 2.05) is 49.1 Å². The Balaban J connectivity index is 1.52. The molecule has 0 aliphatic carbocycles. The molecule has 2 bridgehead atoms. The van der Waals surface area contributed by atoms with Gasteiger partial charge in [0.1, 0.15) is 0 Å². The van der Waals surface area contributed by atoms with Crippen LogP contribution >= 0.6 is 11.3 Å². The van der Waals surface area contributed by atoms with Gasteiger partial charge in [-0.05, 0) is 56.5 Å². The summed E-state index contributed by atoms with van der Waals surface area (Å²) in [5, 5.41) is 16.4. The average Bonchev–Trinajstić information content (AvgIpc) is 3.23. The fourth-order valence-corrected chi connectivity index (χ4v) is 5.55. The van der Waals surface area contributed by atoms with Crippen molar-refractivity contribution in [2.24, 2.45) is 0 Å². The van der Waals surface area contributed by atoms with Crippen molar-refractivity contribution in [2.75, 3.05) is 18.4 Å². The molecule has 162 valence electrons. The molecule has 2 amide bonds. The minimum atomic E-state index is -0.0964. The van der Waals surface area contributed by atoms with Crippen molar-refractivity contribution in [1.29, 1.82) is 5.26 Å². The number of rotatable bonds is 3. The summed E-state index contributed by atoms with van der Waals surface area (Å²) >= 11 is 1.45. The Morgan fingerprint density at radius 3 is 2.66 bits per heavy atom. The second-order valence-electron chi connectivity index (χ2n) is 8.45. The zero-order valence-corrected chi connectivity index (χ0v) is 18.9. The van der Waals surface area contributed by atoms with Crippen molar-refractivity contribution in [1.82, 2.24) is 20.2 Å². The van der Waals surface area contributed by atoms with Gasteiger partial charge in [-0.2, -0.15) is 5.26 Å². The lowest BCUT2D eigenvalue weighted by atomic mass is 9.93. The molecule has 2 atom stereocenters. The predicted molar refractivity (Wildman–Crippen MR) is 126 cm³/mol. The molecule has 2 aromatic heterocycles. The van der Waals surface area contributed by atoms with E-state index >= 15 is 0 Å². The minimum absolute atomic E-state index is 0.0964. The highest BCUT2D eigenvalue weighted by Gasteiger charge is 2.36. The average molecular weight is 445 g/mol. The van der Waals surface area contributed by atoms with Gasteiger partial charge >= 0.3 is 6.03 Å². The third kappa shape index (κ3) is 3.97. The molecule has 1 aromatic carbocycles.